The molecule has 0 amide bonds. The summed E-state index contributed by atoms with van der Waals surface area (Å²) < 4.78 is 16.9. The predicted molar refractivity (Wildman–Crippen MR) is 312 cm³/mol. The van der Waals surface area contributed by atoms with Crippen LogP contribution in [0.1, 0.15) is 348 Å². The third-order valence-corrected chi connectivity index (χ3v) is 14.4. The molecule has 0 bridgehead atoms. The van der Waals surface area contributed by atoms with Gasteiger partial charge in [0.05, 0.1) is 0 Å². The second-order valence-electron chi connectivity index (χ2n) is 21.7. The molecule has 0 aromatic heterocycles. The Morgan fingerprint density at radius 1 is 0.292 bits per heavy atom. The fourth-order valence-corrected chi connectivity index (χ4v) is 9.64. The molecule has 6 nitrogen and oxygen atoms in total. The SMILES string of the molecule is CC/C=C\C/C=C\C/C=C\CCCCCCCCCC(=O)OC(COC(=O)CCCCCCCCCCCCCCCCCC)COC(=O)CCCCCCCCCCCCCCCCCCCCCCC. The molecule has 0 fully saturated rings. The van der Waals surface area contributed by atoms with Crippen molar-refractivity contribution in [2.75, 3.05) is 13.2 Å². The molecule has 0 radical (unpaired) electrons. The van der Waals surface area contributed by atoms with Gasteiger partial charge in [-0.3, -0.25) is 14.4 Å². The van der Waals surface area contributed by atoms with Crippen molar-refractivity contribution >= 4 is 17.9 Å². The fraction of sp³-hybridized carbons (Fsp3) is 0.864. The van der Waals surface area contributed by atoms with Crippen molar-refractivity contribution in [3.05, 3.63) is 36.5 Å². The van der Waals surface area contributed by atoms with Crippen LogP contribution in [0.5, 0.6) is 0 Å². The van der Waals surface area contributed by atoms with Gasteiger partial charge in [-0.1, -0.05) is 314 Å². The summed E-state index contributed by atoms with van der Waals surface area (Å²) in [6.07, 6.45) is 74.3. The molecule has 0 N–H and O–H groups in total. The largest absolute Gasteiger partial charge is 0.462 e. The van der Waals surface area contributed by atoms with Gasteiger partial charge in [0.1, 0.15) is 13.2 Å². The smallest absolute Gasteiger partial charge is 0.306 e. The lowest BCUT2D eigenvalue weighted by Crippen LogP contribution is -2.30. The van der Waals surface area contributed by atoms with E-state index in [4.69, 9.17) is 14.2 Å². The summed E-state index contributed by atoms with van der Waals surface area (Å²) in [6.45, 7) is 6.59. The number of unbranched alkanes of at least 4 members (excludes halogenated alkanes) is 42. The minimum absolute atomic E-state index is 0.0707. The van der Waals surface area contributed by atoms with Crippen molar-refractivity contribution < 1.29 is 28.6 Å². The minimum atomic E-state index is -0.774. The summed E-state index contributed by atoms with van der Waals surface area (Å²) in [4.78, 5) is 38.3. The molecule has 1 atom stereocenters. The number of carbonyl (C=O) groups excluding carboxylic acids is 3. The highest BCUT2D eigenvalue weighted by Crippen LogP contribution is 2.18. The minimum Gasteiger partial charge on any atom is -0.462 e. The maximum Gasteiger partial charge on any atom is 0.306 e. The summed E-state index contributed by atoms with van der Waals surface area (Å²) in [5.41, 5.74) is 0. The number of esters is 3. The number of carbonyl (C=O) groups is 3. The van der Waals surface area contributed by atoms with E-state index in [1.807, 2.05) is 0 Å². The molecule has 0 rings (SSSR count). The monoisotopic (exact) mass is 1010 g/mol. The summed E-state index contributed by atoms with van der Waals surface area (Å²) >= 11 is 0. The van der Waals surface area contributed by atoms with Gasteiger partial charge in [0.2, 0.25) is 0 Å². The lowest BCUT2D eigenvalue weighted by molar-refractivity contribution is -0.167. The Hall–Kier alpha value is -2.37. The van der Waals surface area contributed by atoms with E-state index in [1.165, 1.54) is 225 Å². The maximum atomic E-state index is 12.9. The standard InChI is InChI=1S/C66H122O6/c1-4-7-10-13-16-19-22-25-28-31-32-33-34-36-38-41-44-47-50-53-56-59-65(68)71-62-63(61-70-64(67)58-55-52-49-46-43-40-37-30-27-24-21-18-15-12-9-6-3)72-66(69)60-57-54-51-48-45-42-39-35-29-26-23-20-17-14-11-8-5-2/h8,11,17,20,26,29,63H,4-7,9-10,12-16,18-19,21-25,27-28,30-62H2,1-3H3/b11-8-,20-17-,29-26-. The van der Waals surface area contributed by atoms with Crippen molar-refractivity contribution in [1.82, 2.24) is 0 Å². The van der Waals surface area contributed by atoms with Crippen LogP contribution in [0.15, 0.2) is 36.5 Å². The first-order valence-corrected chi connectivity index (χ1v) is 32.0. The zero-order valence-corrected chi connectivity index (χ0v) is 48.5. The summed E-state index contributed by atoms with van der Waals surface area (Å²) in [5.74, 6) is -0.854. The summed E-state index contributed by atoms with van der Waals surface area (Å²) in [6, 6.07) is 0. The highest BCUT2D eigenvalue weighted by atomic mass is 16.6. The Morgan fingerprint density at radius 2 is 0.542 bits per heavy atom. The van der Waals surface area contributed by atoms with E-state index in [-0.39, 0.29) is 31.1 Å². The van der Waals surface area contributed by atoms with Crippen molar-refractivity contribution in [3.8, 4) is 0 Å². The van der Waals surface area contributed by atoms with Gasteiger partial charge in [-0.05, 0) is 51.4 Å². The van der Waals surface area contributed by atoms with Gasteiger partial charge in [0.15, 0.2) is 6.10 Å². The second-order valence-corrected chi connectivity index (χ2v) is 21.7. The molecule has 422 valence electrons. The van der Waals surface area contributed by atoms with Gasteiger partial charge in [-0.2, -0.15) is 0 Å². The van der Waals surface area contributed by atoms with Gasteiger partial charge >= 0.3 is 17.9 Å². The van der Waals surface area contributed by atoms with Gasteiger partial charge in [-0.15, -0.1) is 0 Å². The molecule has 0 aromatic carbocycles. The molecule has 0 heterocycles. The molecular formula is C66H122O6. The van der Waals surface area contributed by atoms with Gasteiger partial charge in [-0.25, -0.2) is 0 Å². The average Bonchev–Trinajstić information content (AvgIpc) is 3.38. The van der Waals surface area contributed by atoms with Crippen LogP contribution in [0, 0.1) is 0 Å². The first-order valence-electron chi connectivity index (χ1n) is 32.0. The van der Waals surface area contributed by atoms with Gasteiger partial charge in [0.25, 0.3) is 0 Å². The topological polar surface area (TPSA) is 78.9 Å². The van der Waals surface area contributed by atoms with Gasteiger partial charge < -0.3 is 14.2 Å². The van der Waals surface area contributed by atoms with Gasteiger partial charge in [0, 0.05) is 19.3 Å². The van der Waals surface area contributed by atoms with E-state index < -0.39 is 6.10 Å². The number of ether oxygens (including phenoxy) is 3. The molecule has 72 heavy (non-hydrogen) atoms. The first kappa shape index (κ1) is 69.6. The maximum absolute atomic E-state index is 12.9. The molecule has 0 saturated heterocycles. The lowest BCUT2D eigenvalue weighted by atomic mass is 10.0. The molecule has 0 spiro atoms. The molecule has 0 aliphatic carbocycles. The second kappa shape index (κ2) is 61.2. The Balaban J connectivity index is 4.30. The normalized spacial score (nSPS) is 12.2. The number of rotatable bonds is 59. The zero-order chi connectivity index (χ0) is 52.2. The predicted octanol–water partition coefficient (Wildman–Crippen LogP) is 21.6. The highest BCUT2D eigenvalue weighted by molar-refractivity contribution is 5.71. The van der Waals surface area contributed by atoms with E-state index in [9.17, 15) is 14.4 Å². The third-order valence-electron chi connectivity index (χ3n) is 14.4. The number of allylic oxidation sites excluding steroid dienone is 6. The zero-order valence-electron chi connectivity index (χ0n) is 48.5. The van der Waals surface area contributed by atoms with E-state index in [0.29, 0.717) is 19.3 Å². The average molecular weight is 1010 g/mol. The van der Waals surface area contributed by atoms with Crippen LogP contribution in [0.4, 0.5) is 0 Å². The van der Waals surface area contributed by atoms with Crippen molar-refractivity contribution in [2.24, 2.45) is 0 Å². The van der Waals surface area contributed by atoms with Crippen molar-refractivity contribution in [3.63, 3.8) is 0 Å². The van der Waals surface area contributed by atoms with Crippen LogP contribution in [0.25, 0.3) is 0 Å². The fourth-order valence-electron chi connectivity index (χ4n) is 9.64. The Bertz CT molecular complexity index is 1210. The van der Waals surface area contributed by atoms with E-state index in [2.05, 4.69) is 57.2 Å². The van der Waals surface area contributed by atoms with E-state index in [0.717, 1.165) is 83.5 Å². The molecular weight excluding hydrogens is 889 g/mol. The molecule has 0 saturated carbocycles. The Labute approximate surface area is 448 Å². The summed E-state index contributed by atoms with van der Waals surface area (Å²) in [5, 5.41) is 0. The van der Waals surface area contributed by atoms with Crippen molar-refractivity contribution in [1.29, 1.82) is 0 Å². The molecule has 0 aliphatic rings. The molecule has 0 aromatic rings. The molecule has 6 heteroatoms. The van der Waals surface area contributed by atoms with Crippen LogP contribution in [0.2, 0.25) is 0 Å². The van der Waals surface area contributed by atoms with Crippen LogP contribution in [0.3, 0.4) is 0 Å². The van der Waals surface area contributed by atoms with Crippen LogP contribution >= 0.6 is 0 Å². The number of hydrogen-bond acceptors (Lipinski definition) is 6. The quantitative estimate of drug-likeness (QED) is 0.0261. The third kappa shape index (κ3) is 58.5. The lowest BCUT2D eigenvalue weighted by Gasteiger charge is -2.18. The van der Waals surface area contributed by atoms with E-state index >= 15 is 0 Å². The van der Waals surface area contributed by atoms with Crippen LogP contribution < -0.4 is 0 Å². The van der Waals surface area contributed by atoms with E-state index in [1.54, 1.807) is 0 Å². The Kier molecular flexibility index (Phi) is 59.2. The highest BCUT2D eigenvalue weighted by Gasteiger charge is 2.19. The molecule has 1 unspecified atom stereocenters. The Morgan fingerprint density at radius 3 is 0.847 bits per heavy atom. The first-order chi connectivity index (χ1) is 35.5. The number of hydrogen-bond donors (Lipinski definition) is 0. The van der Waals surface area contributed by atoms with Crippen LogP contribution in [-0.4, -0.2) is 37.2 Å². The van der Waals surface area contributed by atoms with Crippen LogP contribution in [-0.2, 0) is 28.6 Å². The van der Waals surface area contributed by atoms with Crippen molar-refractivity contribution in [2.45, 2.75) is 354 Å². The summed E-state index contributed by atoms with van der Waals surface area (Å²) in [7, 11) is 0. The molecule has 0 aliphatic heterocycles.